The molecule has 2 N–H and O–H groups in total. The van der Waals surface area contributed by atoms with Gasteiger partial charge in [0.15, 0.2) is 0 Å². The van der Waals surface area contributed by atoms with Gasteiger partial charge in [0.25, 0.3) is 0 Å². The summed E-state index contributed by atoms with van der Waals surface area (Å²) in [4.78, 5) is 3.96. The summed E-state index contributed by atoms with van der Waals surface area (Å²) in [5.74, 6) is 0.312. The molecule has 0 bridgehead atoms. The number of aromatic nitrogens is 1. The number of hydrogen-bond acceptors (Lipinski definition) is 3. The van der Waals surface area contributed by atoms with Gasteiger partial charge < -0.3 is 10.5 Å². The molecule has 1 aromatic heterocycles. The van der Waals surface area contributed by atoms with E-state index in [2.05, 4.69) is 20.9 Å². The second-order valence-electron chi connectivity index (χ2n) is 3.10. The second-order valence-corrected chi connectivity index (χ2v) is 3.96. The molecular formula is C11H8BrFN2O. The van der Waals surface area contributed by atoms with E-state index in [1.165, 1.54) is 18.3 Å². The Balaban J connectivity index is 2.30. The summed E-state index contributed by atoms with van der Waals surface area (Å²) in [6, 6.07) is 7.39. The van der Waals surface area contributed by atoms with Crippen molar-refractivity contribution in [2.24, 2.45) is 0 Å². The standard InChI is InChI=1S/C11H8BrFN2O/c12-9-2-1-7(13)5-10(9)16-11-6-8(14)3-4-15-11/h1-6H,(H2,14,15). The number of anilines is 1. The maximum atomic E-state index is 13.0. The molecule has 0 saturated heterocycles. The number of ether oxygens (including phenoxy) is 1. The van der Waals surface area contributed by atoms with Gasteiger partial charge in [0.2, 0.25) is 5.88 Å². The summed E-state index contributed by atoms with van der Waals surface area (Å²) in [5.41, 5.74) is 6.11. The Morgan fingerprint density at radius 1 is 1.25 bits per heavy atom. The first-order valence-corrected chi connectivity index (χ1v) is 5.29. The summed E-state index contributed by atoms with van der Waals surface area (Å²) >= 11 is 3.26. The van der Waals surface area contributed by atoms with Gasteiger partial charge in [0.1, 0.15) is 11.6 Å². The minimum Gasteiger partial charge on any atom is -0.438 e. The molecule has 0 aliphatic carbocycles. The van der Waals surface area contributed by atoms with Crippen LogP contribution in [-0.4, -0.2) is 4.98 Å². The molecule has 0 saturated carbocycles. The third-order valence-electron chi connectivity index (χ3n) is 1.87. The van der Waals surface area contributed by atoms with Crippen LogP contribution in [0.5, 0.6) is 11.6 Å². The summed E-state index contributed by atoms with van der Waals surface area (Å²) in [6.45, 7) is 0. The summed E-state index contributed by atoms with van der Waals surface area (Å²) in [7, 11) is 0. The highest BCUT2D eigenvalue weighted by atomic mass is 79.9. The van der Waals surface area contributed by atoms with Gasteiger partial charge in [-0.2, -0.15) is 0 Å². The Morgan fingerprint density at radius 2 is 2.06 bits per heavy atom. The van der Waals surface area contributed by atoms with Crippen LogP contribution in [0, 0.1) is 5.82 Å². The van der Waals surface area contributed by atoms with Gasteiger partial charge in [-0.3, -0.25) is 0 Å². The summed E-state index contributed by atoms with van der Waals surface area (Å²) in [5, 5.41) is 0. The third kappa shape index (κ3) is 2.49. The molecule has 0 spiro atoms. The molecular weight excluding hydrogens is 275 g/mol. The smallest absolute Gasteiger partial charge is 0.221 e. The normalized spacial score (nSPS) is 10.1. The van der Waals surface area contributed by atoms with Gasteiger partial charge in [-0.25, -0.2) is 9.37 Å². The zero-order valence-corrected chi connectivity index (χ0v) is 9.74. The van der Waals surface area contributed by atoms with Gasteiger partial charge in [-0.1, -0.05) is 0 Å². The molecule has 82 valence electrons. The van der Waals surface area contributed by atoms with E-state index in [-0.39, 0.29) is 5.82 Å². The number of benzene rings is 1. The van der Waals surface area contributed by atoms with Crippen molar-refractivity contribution in [3.63, 3.8) is 0 Å². The molecule has 0 amide bonds. The van der Waals surface area contributed by atoms with Crippen LogP contribution in [-0.2, 0) is 0 Å². The molecule has 0 unspecified atom stereocenters. The monoisotopic (exact) mass is 282 g/mol. The van der Waals surface area contributed by atoms with Crippen LogP contribution in [0.1, 0.15) is 0 Å². The van der Waals surface area contributed by atoms with Crippen LogP contribution in [0.25, 0.3) is 0 Å². The predicted octanol–water partition coefficient (Wildman–Crippen LogP) is 3.36. The lowest BCUT2D eigenvalue weighted by atomic mass is 10.3. The van der Waals surface area contributed by atoms with Crippen LogP contribution in [0.2, 0.25) is 0 Å². The largest absolute Gasteiger partial charge is 0.438 e. The molecule has 0 aliphatic heterocycles. The fourth-order valence-electron chi connectivity index (χ4n) is 1.15. The lowest BCUT2D eigenvalue weighted by Crippen LogP contribution is -1.91. The van der Waals surface area contributed by atoms with Crippen molar-refractivity contribution in [3.8, 4) is 11.6 Å². The minimum atomic E-state index is -0.373. The average molecular weight is 283 g/mol. The van der Waals surface area contributed by atoms with Gasteiger partial charge in [0.05, 0.1) is 4.47 Å². The van der Waals surface area contributed by atoms with E-state index in [1.54, 1.807) is 18.2 Å². The van der Waals surface area contributed by atoms with E-state index in [9.17, 15) is 4.39 Å². The van der Waals surface area contributed by atoms with Gasteiger partial charge >= 0.3 is 0 Å². The van der Waals surface area contributed by atoms with Gasteiger partial charge in [-0.15, -0.1) is 0 Å². The minimum absolute atomic E-state index is 0.325. The number of halogens is 2. The topological polar surface area (TPSA) is 48.1 Å². The van der Waals surface area contributed by atoms with E-state index in [0.717, 1.165) is 0 Å². The van der Waals surface area contributed by atoms with E-state index in [0.29, 0.717) is 21.8 Å². The van der Waals surface area contributed by atoms with Gasteiger partial charge in [-0.05, 0) is 34.1 Å². The molecule has 2 rings (SSSR count). The second kappa shape index (κ2) is 4.49. The highest BCUT2D eigenvalue weighted by Gasteiger charge is 2.05. The Hall–Kier alpha value is -1.62. The number of rotatable bonds is 2. The summed E-state index contributed by atoms with van der Waals surface area (Å²) < 4.78 is 19.0. The van der Waals surface area contributed by atoms with Crippen molar-refractivity contribution in [3.05, 3.63) is 46.8 Å². The highest BCUT2D eigenvalue weighted by Crippen LogP contribution is 2.29. The van der Waals surface area contributed by atoms with Crippen molar-refractivity contribution in [2.75, 3.05) is 5.73 Å². The number of nitrogens with zero attached hydrogens (tertiary/aromatic N) is 1. The quantitative estimate of drug-likeness (QED) is 0.919. The van der Waals surface area contributed by atoms with E-state index >= 15 is 0 Å². The lowest BCUT2D eigenvalue weighted by Gasteiger charge is -2.06. The van der Waals surface area contributed by atoms with E-state index in [4.69, 9.17) is 10.5 Å². The Bertz CT molecular complexity index is 519. The first kappa shape index (κ1) is 10.9. The van der Waals surface area contributed by atoms with Crippen molar-refractivity contribution in [1.82, 2.24) is 4.98 Å². The van der Waals surface area contributed by atoms with E-state index < -0.39 is 0 Å². The fraction of sp³-hybridized carbons (Fsp3) is 0. The Labute approximate surface area is 100 Å². The van der Waals surface area contributed by atoms with Crippen LogP contribution in [0.4, 0.5) is 10.1 Å². The number of nitrogens with two attached hydrogens (primary N) is 1. The molecule has 0 fully saturated rings. The molecule has 1 heterocycles. The Morgan fingerprint density at radius 3 is 2.81 bits per heavy atom. The molecule has 2 aromatic rings. The molecule has 5 heteroatoms. The summed E-state index contributed by atoms with van der Waals surface area (Å²) in [6.07, 6.45) is 1.53. The molecule has 0 radical (unpaired) electrons. The maximum Gasteiger partial charge on any atom is 0.221 e. The number of nitrogen functional groups attached to an aromatic ring is 1. The maximum absolute atomic E-state index is 13.0. The predicted molar refractivity (Wildman–Crippen MR) is 62.8 cm³/mol. The number of hydrogen-bond donors (Lipinski definition) is 1. The van der Waals surface area contributed by atoms with Crippen LogP contribution in [0.15, 0.2) is 41.0 Å². The van der Waals surface area contributed by atoms with Gasteiger partial charge in [0, 0.05) is 24.0 Å². The molecule has 16 heavy (non-hydrogen) atoms. The first-order valence-electron chi connectivity index (χ1n) is 4.49. The zero-order chi connectivity index (χ0) is 11.5. The van der Waals surface area contributed by atoms with Crippen molar-refractivity contribution >= 4 is 21.6 Å². The lowest BCUT2D eigenvalue weighted by molar-refractivity contribution is 0.455. The molecule has 3 nitrogen and oxygen atoms in total. The zero-order valence-electron chi connectivity index (χ0n) is 8.15. The third-order valence-corrected chi connectivity index (χ3v) is 2.52. The van der Waals surface area contributed by atoms with Crippen molar-refractivity contribution in [2.45, 2.75) is 0 Å². The average Bonchev–Trinajstić information content (AvgIpc) is 2.24. The molecule has 1 aromatic carbocycles. The molecule has 0 aliphatic rings. The highest BCUT2D eigenvalue weighted by molar-refractivity contribution is 9.10. The first-order chi connectivity index (χ1) is 7.65. The van der Waals surface area contributed by atoms with Crippen LogP contribution >= 0.6 is 15.9 Å². The van der Waals surface area contributed by atoms with Crippen molar-refractivity contribution < 1.29 is 9.13 Å². The van der Waals surface area contributed by atoms with E-state index in [1.807, 2.05) is 0 Å². The van der Waals surface area contributed by atoms with Crippen LogP contribution in [0.3, 0.4) is 0 Å². The number of pyridine rings is 1. The molecule has 0 atom stereocenters. The van der Waals surface area contributed by atoms with Crippen LogP contribution < -0.4 is 10.5 Å². The van der Waals surface area contributed by atoms with Crippen molar-refractivity contribution in [1.29, 1.82) is 0 Å². The Kier molecular flexibility index (Phi) is 3.05. The fourth-order valence-corrected chi connectivity index (χ4v) is 1.48. The SMILES string of the molecule is Nc1ccnc(Oc2cc(F)ccc2Br)c1.